The Hall–Kier alpha value is -1.90. The smallest absolute Gasteiger partial charge is 1.00 e. The molecule has 0 unspecified atom stereocenters. The maximum absolute atomic E-state index is 6.99. The quantitative estimate of drug-likeness (QED) is 0.468. The number of para-hydroxylation sites is 2. The molecule has 2 aromatic heterocycles. The first-order chi connectivity index (χ1) is 14.4. The monoisotopic (exact) mass is 425 g/mol. The number of benzene rings is 2. The van der Waals surface area contributed by atoms with Crippen LogP contribution in [0.15, 0.2) is 60.7 Å². The molecule has 0 saturated heterocycles. The number of nitrogens with zero attached hydrogens (tertiary/aromatic N) is 2. The molecule has 0 aliphatic heterocycles. The van der Waals surface area contributed by atoms with Crippen LogP contribution in [0.4, 0.5) is 0 Å². The molecule has 4 aromatic rings. The predicted octanol–water partition coefficient (Wildman–Crippen LogP) is 1.97. The van der Waals surface area contributed by atoms with Gasteiger partial charge in [0.25, 0.3) is 0 Å². The van der Waals surface area contributed by atoms with Gasteiger partial charge in [0, 0.05) is 36.3 Å². The average molecular weight is 425 g/mol. The van der Waals surface area contributed by atoms with Crippen LogP contribution in [0, 0.1) is 0 Å². The van der Waals surface area contributed by atoms with Crippen LogP contribution in [0.3, 0.4) is 0 Å². The molecule has 6 heteroatoms. The summed E-state index contributed by atoms with van der Waals surface area (Å²) in [4.78, 5) is 0. The van der Waals surface area contributed by atoms with Crippen molar-refractivity contribution in [3.63, 3.8) is 0 Å². The molecule has 2 aromatic carbocycles. The van der Waals surface area contributed by atoms with Crippen molar-refractivity contribution in [1.82, 2.24) is 9.13 Å². The Labute approximate surface area is 205 Å². The number of aromatic nitrogens is 2. The van der Waals surface area contributed by atoms with Crippen LogP contribution in [0.25, 0.3) is 21.8 Å². The molecule has 0 atom stereocenters. The Bertz CT molecular complexity index is 1150. The molecule has 0 aliphatic carbocycles. The summed E-state index contributed by atoms with van der Waals surface area (Å²) in [6, 6.07) is 21.4. The molecule has 166 valence electrons. The van der Waals surface area contributed by atoms with Gasteiger partial charge in [0.15, 0.2) is 0 Å². The van der Waals surface area contributed by atoms with E-state index in [9.17, 15) is 0 Å². The fourth-order valence-corrected chi connectivity index (χ4v) is 4.76. The number of rotatable bonds is 4. The fraction of sp³-hybridized carbons (Fsp3) is 0.385. The van der Waals surface area contributed by atoms with E-state index in [1.54, 1.807) is 0 Å². The summed E-state index contributed by atoms with van der Waals surface area (Å²) in [5.74, 6) is 0. The fourth-order valence-electron chi connectivity index (χ4n) is 4.76. The third kappa shape index (κ3) is 4.45. The molecule has 0 aliphatic rings. The van der Waals surface area contributed by atoms with E-state index in [1.165, 1.54) is 10.8 Å². The normalized spacial score (nSPS) is 13.0. The van der Waals surface area contributed by atoms with Crippen molar-refractivity contribution in [3.05, 3.63) is 60.7 Å². The summed E-state index contributed by atoms with van der Waals surface area (Å²) in [7, 11) is 4.21. The molecule has 0 radical (unpaired) electrons. The SMILES string of the molecule is Cn1c([B-](OC(C)(C)C)(OC(C)(C)C)c2cc3ccccc3n2C)cc2ccccc21.[H-].[Li+]. The van der Waals surface area contributed by atoms with Gasteiger partial charge in [0.1, 0.15) is 0 Å². The zero-order valence-electron chi connectivity index (χ0n) is 22.1. The van der Waals surface area contributed by atoms with Crippen molar-refractivity contribution >= 4 is 39.5 Å². The largest absolute Gasteiger partial charge is 1.00 e. The Morgan fingerprint density at radius 2 is 1.00 bits per heavy atom. The van der Waals surface area contributed by atoms with E-state index >= 15 is 0 Å². The van der Waals surface area contributed by atoms with Crippen molar-refractivity contribution in [2.24, 2.45) is 14.1 Å². The zero-order chi connectivity index (χ0) is 22.6. The van der Waals surface area contributed by atoms with Crippen LogP contribution in [0.2, 0.25) is 0 Å². The summed E-state index contributed by atoms with van der Waals surface area (Å²) in [6.07, 6.45) is 0. The van der Waals surface area contributed by atoms with E-state index in [1.807, 2.05) is 0 Å². The number of hydrogen-bond donors (Lipinski definition) is 0. The minimum Gasteiger partial charge on any atom is -1.00 e. The minimum atomic E-state index is -2.02. The molecular formula is C26H35BLiN2O2-. The van der Waals surface area contributed by atoms with Gasteiger partial charge < -0.3 is 19.9 Å². The van der Waals surface area contributed by atoms with Gasteiger partial charge in [0.2, 0.25) is 0 Å². The number of aryl methyl sites for hydroxylation is 2. The number of hydrogen-bond acceptors (Lipinski definition) is 2. The average Bonchev–Trinajstić information content (AvgIpc) is 3.18. The van der Waals surface area contributed by atoms with Gasteiger partial charge in [-0.1, -0.05) is 59.7 Å². The van der Waals surface area contributed by atoms with Crippen molar-refractivity contribution < 1.29 is 29.6 Å². The topological polar surface area (TPSA) is 28.3 Å². The van der Waals surface area contributed by atoms with Gasteiger partial charge in [0.05, 0.1) is 0 Å². The van der Waals surface area contributed by atoms with E-state index in [4.69, 9.17) is 9.31 Å². The van der Waals surface area contributed by atoms with Crippen molar-refractivity contribution in [2.45, 2.75) is 52.7 Å². The predicted molar refractivity (Wildman–Crippen MR) is 134 cm³/mol. The van der Waals surface area contributed by atoms with E-state index in [-0.39, 0.29) is 20.3 Å². The van der Waals surface area contributed by atoms with Crippen LogP contribution in [0.5, 0.6) is 0 Å². The molecule has 4 rings (SSSR count). The van der Waals surface area contributed by atoms with Gasteiger partial charge >= 0.3 is 25.4 Å². The Balaban J connectivity index is 0.00000193. The third-order valence-electron chi connectivity index (χ3n) is 5.80. The third-order valence-corrected chi connectivity index (χ3v) is 5.80. The van der Waals surface area contributed by atoms with Crippen molar-refractivity contribution in [1.29, 1.82) is 0 Å². The molecule has 0 fully saturated rings. The van der Waals surface area contributed by atoms with Gasteiger partial charge in [-0.2, -0.15) is 0 Å². The first kappa shape index (κ1) is 24.7. The van der Waals surface area contributed by atoms with Crippen molar-refractivity contribution in [2.75, 3.05) is 0 Å². The van der Waals surface area contributed by atoms with Gasteiger partial charge in [-0.05, 0) is 64.4 Å². The molecule has 0 spiro atoms. The Morgan fingerprint density at radius 3 is 1.31 bits per heavy atom. The summed E-state index contributed by atoms with van der Waals surface area (Å²) < 4.78 is 18.4. The second-order valence-corrected chi connectivity index (χ2v) is 10.5. The molecular weight excluding hydrogens is 390 g/mol. The Kier molecular flexibility index (Phi) is 6.55. The molecule has 0 bridgehead atoms. The van der Waals surface area contributed by atoms with E-state index in [0.717, 1.165) is 22.2 Å². The first-order valence-electron chi connectivity index (χ1n) is 11.1. The van der Waals surface area contributed by atoms with Gasteiger partial charge in [-0.15, -0.1) is 0 Å². The molecule has 4 nitrogen and oxygen atoms in total. The number of fused-ring (bicyclic) bond motifs is 2. The summed E-state index contributed by atoms with van der Waals surface area (Å²) in [6.45, 7) is 10.6. The van der Waals surface area contributed by atoms with Crippen LogP contribution in [-0.2, 0) is 23.4 Å². The summed E-state index contributed by atoms with van der Waals surface area (Å²) in [5, 5.41) is 2.36. The zero-order valence-corrected chi connectivity index (χ0v) is 21.1. The maximum atomic E-state index is 6.99. The van der Waals surface area contributed by atoms with E-state index in [0.29, 0.717) is 0 Å². The van der Waals surface area contributed by atoms with Crippen molar-refractivity contribution in [3.8, 4) is 0 Å². The standard InChI is InChI=1S/C26H34BN2O2.Li.H/c1-25(2,3)30-27(31-26(4,5)6,23-17-19-13-9-11-15-21(19)28(23)7)24-18-20-14-10-12-16-22(20)29(24)8;;/h9-18H,1-8H3;;/q-1;+1;-1. The van der Waals surface area contributed by atoms with Crippen LogP contribution in [0.1, 0.15) is 43.0 Å². The van der Waals surface area contributed by atoms with E-state index in [2.05, 4.69) is 125 Å². The van der Waals surface area contributed by atoms with Crippen LogP contribution in [-0.4, -0.2) is 26.9 Å². The minimum absolute atomic E-state index is 0. The molecule has 0 saturated carbocycles. The Morgan fingerprint density at radius 1 is 0.656 bits per heavy atom. The maximum Gasteiger partial charge on any atom is 1.00 e. The van der Waals surface area contributed by atoms with Crippen LogP contribution >= 0.6 is 0 Å². The van der Waals surface area contributed by atoms with E-state index < -0.39 is 17.8 Å². The van der Waals surface area contributed by atoms with Gasteiger partial charge in [-0.3, -0.25) is 0 Å². The molecule has 2 heterocycles. The second-order valence-electron chi connectivity index (χ2n) is 10.5. The molecule has 0 N–H and O–H groups in total. The first-order valence-corrected chi connectivity index (χ1v) is 11.1. The summed E-state index contributed by atoms with van der Waals surface area (Å²) in [5.41, 5.74) is 3.57. The summed E-state index contributed by atoms with van der Waals surface area (Å²) >= 11 is 0. The van der Waals surface area contributed by atoms with Gasteiger partial charge in [-0.25, -0.2) is 0 Å². The van der Waals surface area contributed by atoms with Crippen LogP contribution < -0.4 is 30.0 Å². The molecule has 32 heavy (non-hydrogen) atoms. The molecule has 0 amide bonds. The second kappa shape index (κ2) is 8.47.